The van der Waals surface area contributed by atoms with Crippen LogP contribution < -0.4 is 0 Å². The number of likely N-dealkylation sites (tertiary alicyclic amines) is 1. The highest BCUT2D eigenvalue weighted by molar-refractivity contribution is 5.94. The van der Waals surface area contributed by atoms with Crippen molar-refractivity contribution in [1.82, 2.24) is 9.80 Å². The average Bonchev–Trinajstić information content (AvgIpc) is 3.18. The monoisotopic (exact) mass is 364 g/mol. The van der Waals surface area contributed by atoms with Gasteiger partial charge < -0.3 is 19.0 Å². The van der Waals surface area contributed by atoms with Crippen molar-refractivity contribution in [3.63, 3.8) is 0 Å². The molecule has 0 spiro atoms. The lowest BCUT2D eigenvalue weighted by molar-refractivity contribution is -0.143. The Labute approximate surface area is 154 Å². The second kappa shape index (κ2) is 9.40. The van der Waals surface area contributed by atoms with Gasteiger partial charge in [0.2, 0.25) is 5.91 Å². The van der Waals surface area contributed by atoms with Gasteiger partial charge in [0.15, 0.2) is 0 Å². The molecular weight excluding hydrogens is 336 g/mol. The van der Waals surface area contributed by atoms with Crippen LogP contribution in [0.1, 0.15) is 43.5 Å². The smallest absolute Gasteiger partial charge is 0.307 e. The highest BCUT2D eigenvalue weighted by Crippen LogP contribution is 2.22. The first-order valence-corrected chi connectivity index (χ1v) is 9.09. The van der Waals surface area contributed by atoms with Gasteiger partial charge in [0.05, 0.1) is 25.4 Å². The molecule has 0 bridgehead atoms. The van der Waals surface area contributed by atoms with Crippen LogP contribution in [0.3, 0.4) is 0 Å². The van der Waals surface area contributed by atoms with Crippen molar-refractivity contribution in [3.05, 3.63) is 24.2 Å². The summed E-state index contributed by atoms with van der Waals surface area (Å²) in [6.45, 7) is 6.18. The van der Waals surface area contributed by atoms with E-state index in [1.54, 1.807) is 15.9 Å². The molecule has 26 heavy (non-hydrogen) atoms. The number of rotatable bonds is 7. The maximum atomic E-state index is 12.9. The predicted molar refractivity (Wildman–Crippen MR) is 95.4 cm³/mol. The second-order valence-electron chi connectivity index (χ2n) is 7.08. The zero-order valence-corrected chi connectivity index (χ0v) is 15.8. The minimum absolute atomic E-state index is 0.0608. The number of furan rings is 1. The summed E-state index contributed by atoms with van der Waals surface area (Å²) in [7, 11) is 1.35. The molecule has 0 aromatic carbocycles. The molecule has 0 saturated carbocycles. The van der Waals surface area contributed by atoms with Gasteiger partial charge >= 0.3 is 5.97 Å². The topological polar surface area (TPSA) is 80.1 Å². The van der Waals surface area contributed by atoms with Gasteiger partial charge in [-0.25, -0.2) is 0 Å². The molecular formula is C19H28N2O5. The Morgan fingerprint density at radius 2 is 2.00 bits per heavy atom. The van der Waals surface area contributed by atoms with Crippen molar-refractivity contribution in [2.45, 2.75) is 33.1 Å². The van der Waals surface area contributed by atoms with E-state index >= 15 is 0 Å². The second-order valence-corrected chi connectivity index (χ2v) is 7.08. The molecule has 1 aromatic heterocycles. The van der Waals surface area contributed by atoms with Crippen molar-refractivity contribution in [1.29, 1.82) is 0 Å². The van der Waals surface area contributed by atoms with E-state index in [1.807, 2.05) is 13.8 Å². The summed E-state index contributed by atoms with van der Waals surface area (Å²) in [6, 6.07) is 1.65. The molecule has 2 rings (SSSR count). The third kappa shape index (κ3) is 5.34. The number of hydrogen-bond acceptors (Lipinski definition) is 5. The molecule has 0 aliphatic carbocycles. The molecule has 1 aliphatic rings. The van der Waals surface area contributed by atoms with E-state index in [4.69, 9.17) is 4.42 Å². The minimum Gasteiger partial charge on any atom is -0.472 e. The Morgan fingerprint density at radius 3 is 2.54 bits per heavy atom. The van der Waals surface area contributed by atoms with Crippen molar-refractivity contribution < 1.29 is 23.5 Å². The maximum Gasteiger partial charge on any atom is 0.307 e. The summed E-state index contributed by atoms with van der Waals surface area (Å²) in [4.78, 5) is 40.2. The number of hydrogen-bond donors (Lipinski definition) is 0. The van der Waals surface area contributed by atoms with Gasteiger partial charge in [-0.1, -0.05) is 13.8 Å². The van der Waals surface area contributed by atoms with E-state index in [2.05, 4.69) is 4.74 Å². The Hall–Kier alpha value is -2.31. The summed E-state index contributed by atoms with van der Waals surface area (Å²) in [5, 5.41) is 0. The summed E-state index contributed by atoms with van der Waals surface area (Å²) >= 11 is 0. The number of ether oxygens (including phenoxy) is 1. The first kappa shape index (κ1) is 20.0. The SMILES string of the molecule is COC(=O)CCN(CC(C)C)C(=O)C1CCN(C(=O)c2ccoc2)CC1. The van der Waals surface area contributed by atoms with E-state index < -0.39 is 0 Å². The van der Waals surface area contributed by atoms with Gasteiger partial charge in [0.1, 0.15) is 6.26 Å². The first-order valence-electron chi connectivity index (χ1n) is 9.09. The molecule has 144 valence electrons. The quantitative estimate of drug-likeness (QED) is 0.693. The van der Waals surface area contributed by atoms with Crippen LogP contribution in [0.4, 0.5) is 0 Å². The van der Waals surface area contributed by atoms with Crippen LogP contribution in [-0.4, -0.2) is 60.9 Å². The molecule has 7 nitrogen and oxygen atoms in total. The van der Waals surface area contributed by atoms with Crippen LogP contribution in [0, 0.1) is 11.8 Å². The Balaban J connectivity index is 1.91. The van der Waals surface area contributed by atoms with Crippen molar-refractivity contribution in [3.8, 4) is 0 Å². The van der Waals surface area contributed by atoms with Crippen molar-refractivity contribution >= 4 is 17.8 Å². The van der Waals surface area contributed by atoms with Gasteiger partial charge in [-0.2, -0.15) is 0 Å². The number of carbonyl (C=O) groups is 3. The van der Waals surface area contributed by atoms with E-state index in [9.17, 15) is 14.4 Å². The lowest BCUT2D eigenvalue weighted by Crippen LogP contribution is -2.45. The number of carbonyl (C=O) groups excluding carboxylic acids is 3. The van der Waals surface area contributed by atoms with Crippen LogP contribution in [0.15, 0.2) is 23.0 Å². The third-order valence-electron chi connectivity index (χ3n) is 4.61. The molecule has 2 heterocycles. The highest BCUT2D eigenvalue weighted by Gasteiger charge is 2.31. The molecule has 2 amide bonds. The largest absolute Gasteiger partial charge is 0.472 e. The van der Waals surface area contributed by atoms with Gasteiger partial charge in [0, 0.05) is 32.1 Å². The normalized spacial score (nSPS) is 15.2. The number of nitrogens with zero attached hydrogens (tertiary/aromatic N) is 2. The zero-order valence-electron chi connectivity index (χ0n) is 15.8. The van der Waals surface area contributed by atoms with Crippen LogP contribution in [0.5, 0.6) is 0 Å². The minimum atomic E-state index is -0.313. The van der Waals surface area contributed by atoms with E-state index in [-0.39, 0.29) is 30.1 Å². The Bertz CT molecular complexity index is 603. The van der Waals surface area contributed by atoms with Crippen LogP contribution >= 0.6 is 0 Å². The fourth-order valence-electron chi connectivity index (χ4n) is 3.22. The average molecular weight is 364 g/mol. The summed E-state index contributed by atoms with van der Waals surface area (Å²) in [5.74, 6) is -0.0985. The van der Waals surface area contributed by atoms with Crippen LogP contribution in [0.2, 0.25) is 0 Å². The molecule has 0 unspecified atom stereocenters. The zero-order chi connectivity index (χ0) is 19.1. The Morgan fingerprint density at radius 1 is 1.31 bits per heavy atom. The lowest BCUT2D eigenvalue weighted by atomic mass is 9.94. The number of esters is 1. The molecule has 0 radical (unpaired) electrons. The molecule has 1 saturated heterocycles. The van der Waals surface area contributed by atoms with Gasteiger partial charge in [-0.05, 0) is 24.8 Å². The first-order chi connectivity index (χ1) is 12.4. The Kier molecular flexibility index (Phi) is 7.24. The molecule has 7 heteroatoms. The van der Waals surface area contributed by atoms with Crippen LogP contribution in [-0.2, 0) is 14.3 Å². The maximum absolute atomic E-state index is 12.9. The number of methoxy groups -OCH3 is 1. The van der Waals surface area contributed by atoms with Gasteiger partial charge in [-0.3, -0.25) is 14.4 Å². The van der Waals surface area contributed by atoms with E-state index in [0.29, 0.717) is 50.5 Å². The fraction of sp³-hybridized carbons (Fsp3) is 0.632. The molecule has 1 fully saturated rings. The number of amides is 2. The lowest BCUT2D eigenvalue weighted by Gasteiger charge is -2.34. The van der Waals surface area contributed by atoms with Gasteiger partial charge in [0.25, 0.3) is 5.91 Å². The summed E-state index contributed by atoms with van der Waals surface area (Å²) in [6.07, 6.45) is 4.39. The predicted octanol–water partition coefficient (Wildman–Crippen LogP) is 2.18. The standard InChI is InChI=1S/C19H28N2O5/c1-14(2)12-21(10-6-17(22)25-3)18(23)15-4-8-20(9-5-15)19(24)16-7-11-26-13-16/h7,11,13-15H,4-6,8-10,12H2,1-3H3. The molecule has 0 atom stereocenters. The number of piperidine rings is 1. The van der Waals surface area contributed by atoms with Crippen LogP contribution in [0.25, 0.3) is 0 Å². The van der Waals surface area contributed by atoms with Gasteiger partial charge in [-0.15, -0.1) is 0 Å². The van der Waals surface area contributed by atoms with Crippen molar-refractivity contribution in [2.75, 3.05) is 33.3 Å². The van der Waals surface area contributed by atoms with Crippen molar-refractivity contribution in [2.24, 2.45) is 11.8 Å². The summed E-state index contributed by atoms with van der Waals surface area (Å²) in [5.41, 5.74) is 0.536. The highest BCUT2D eigenvalue weighted by atomic mass is 16.5. The molecule has 0 N–H and O–H groups in total. The fourth-order valence-corrected chi connectivity index (χ4v) is 3.22. The van der Waals surface area contributed by atoms with E-state index in [1.165, 1.54) is 19.6 Å². The molecule has 1 aromatic rings. The molecule has 1 aliphatic heterocycles. The van der Waals surface area contributed by atoms with E-state index in [0.717, 1.165) is 0 Å². The summed E-state index contributed by atoms with van der Waals surface area (Å²) < 4.78 is 9.64. The third-order valence-corrected chi connectivity index (χ3v) is 4.61.